The van der Waals surface area contributed by atoms with Gasteiger partial charge in [0.2, 0.25) is 5.91 Å². The number of benzene rings is 2. The highest BCUT2D eigenvalue weighted by Crippen LogP contribution is 2.21. The molecule has 2 aromatic rings. The minimum atomic E-state index is -0.310. The van der Waals surface area contributed by atoms with E-state index in [4.69, 9.17) is 11.6 Å². The largest absolute Gasteiger partial charge is 0.356 e. The first-order valence-electron chi connectivity index (χ1n) is 9.72. The van der Waals surface area contributed by atoms with Gasteiger partial charge in [0.25, 0.3) is 11.8 Å². The monoisotopic (exact) mass is 413 g/mol. The molecule has 0 aromatic heterocycles. The number of nitrogens with zero attached hydrogens (tertiary/aromatic N) is 1. The number of amides is 3. The minimum absolute atomic E-state index is 0.00244. The lowest BCUT2D eigenvalue weighted by molar-refractivity contribution is -0.126. The van der Waals surface area contributed by atoms with Crippen LogP contribution in [0.2, 0.25) is 5.02 Å². The molecule has 0 saturated carbocycles. The van der Waals surface area contributed by atoms with Crippen LogP contribution in [0.25, 0.3) is 0 Å². The van der Waals surface area contributed by atoms with Crippen molar-refractivity contribution in [2.75, 3.05) is 25.0 Å². The van der Waals surface area contributed by atoms with Gasteiger partial charge in [0.15, 0.2) is 0 Å². The van der Waals surface area contributed by atoms with E-state index >= 15 is 0 Å². The lowest BCUT2D eigenvalue weighted by Crippen LogP contribution is -2.45. The molecule has 7 heteroatoms. The number of carbonyl (C=O) groups excluding carboxylic acids is 3. The van der Waals surface area contributed by atoms with E-state index in [9.17, 15) is 14.4 Å². The molecule has 2 N–H and O–H groups in total. The van der Waals surface area contributed by atoms with Gasteiger partial charge in [-0.25, -0.2) is 0 Å². The lowest BCUT2D eigenvalue weighted by Gasteiger charge is -2.32. The maximum absolute atomic E-state index is 12.8. The van der Waals surface area contributed by atoms with Crippen molar-refractivity contribution >= 4 is 35.0 Å². The third-order valence-electron chi connectivity index (χ3n) is 4.94. The van der Waals surface area contributed by atoms with Crippen LogP contribution in [-0.2, 0) is 4.79 Å². The highest BCUT2D eigenvalue weighted by atomic mass is 35.5. The maximum Gasteiger partial charge on any atom is 0.257 e. The van der Waals surface area contributed by atoms with Crippen LogP contribution in [0.5, 0.6) is 0 Å². The van der Waals surface area contributed by atoms with E-state index in [1.807, 2.05) is 6.92 Å². The first kappa shape index (κ1) is 20.9. The SMILES string of the molecule is CCNC(=O)[C@H]1CCCN(C(=O)c2ccc(NC(=O)c3ccccc3Cl)cc2)C1. The molecule has 2 aromatic carbocycles. The molecule has 1 aliphatic rings. The van der Waals surface area contributed by atoms with Gasteiger partial charge in [0, 0.05) is 30.9 Å². The molecule has 1 aliphatic heterocycles. The van der Waals surface area contributed by atoms with Crippen LogP contribution in [0.4, 0.5) is 5.69 Å². The number of anilines is 1. The number of piperidine rings is 1. The van der Waals surface area contributed by atoms with E-state index < -0.39 is 0 Å². The second-order valence-corrected chi connectivity index (χ2v) is 7.40. The third kappa shape index (κ3) is 5.15. The van der Waals surface area contributed by atoms with Crippen LogP contribution < -0.4 is 10.6 Å². The molecule has 0 unspecified atom stereocenters. The fourth-order valence-electron chi connectivity index (χ4n) is 3.42. The van der Waals surface area contributed by atoms with Crippen molar-refractivity contribution in [1.29, 1.82) is 0 Å². The van der Waals surface area contributed by atoms with Crippen LogP contribution in [0.15, 0.2) is 48.5 Å². The van der Waals surface area contributed by atoms with Crippen LogP contribution in [-0.4, -0.2) is 42.3 Å². The Balaban J connectivity index is 1.63. The summed E-state index contributed by atoms with van der Waals surface area (Å²) in [5.74, 6) is -0.581. The second-order valence-electron chi connectivity index (χ2n) is 7.00. The van der Waals surface area contributed by atoms with Gasteiger partial charge in [0.05, 0.1) is 16.5 Å². The second kappa shape index (κ2) is 9.56. The zero-order valence-corrected chi connectivity index (χ0v) is 17.0. The van der Waals surface area contributed by atoms with Gasteiger partial charge in [-0.15, -0.1) is 0 Å². The molecule has 3 amide bonds. The summed E-state index contributed by atoms with van der Waals surface area (Å²) >= 11 is 6.05. The fourth-order valence-corrected chi connectivity index (χ4v) is 3.64. The molecule has 152 valence electrons. The first-order chi connectivity index (χ1) is 14.0. The van der Waals surface area contributed by atoms with Gasteiger partial charge in [-0.3, -0.25) is 14.4 Å². The normalized spacial score (nSPS) is 16.2. The number of hydrogen-bond acceptors (Lipinski definition) is 3. The van der Waals surface area contributed by atoms with Crippen molar-refractivity contribution in [2.24, 2.45) is 5.92 Å². The summed E-state index contributed by atoms with van der Waals surface area (Å²) in [6, 6.07) is 13.6. The van der Waals surface area contributed by atoms with E-state index in [0.717, 1.165) is 12.8 Å². The van der Waals surface area contributed by atoms with Gasteiger partial charge in [0.1, 0.15) is 0 Å². The van der Waals surface area contributed by atoms with Gasteiger partial charge in [-0.05, 0) is 56.2 Å². The van der Waals surface area contributed by atoms with E-state index in [-0.39, 0.29) is 23.6 Å². The highest BCUT2D eigenvalue weighted by molar-refractivity contribution is 6.34. The van der Waals surface area contributed by atoms with Gasteiger partial charge >= 0.3 is 0 Å². The molecule has 6 nitrogen and oxygen atoms in total. The van der Waals surface area contributed by atoms with Gasteiger partial charge in [-0.2, -0.15) is 0 Å². The van der Waals surface area contributed by atoms with Crippen molar-refractivity contribution in [3.05, 3.63) is 64.7 Å². The average Bonchev–Trinajstić information content (AvgIpc) is 2.74. The van der Waals surface area contributed by atoms with Crippen LogP contribution in [0, 0.1) is 5.92 Å². The molecule has 0 aliphatic carbocycles. The average molecular weight is 414 g/mol. The smallest absolute Gasteiger partial charge is 0.257 e. The number of rotatable bonds is 5. The fraction of sp³-hybridized carbons (Fsp3) is 0.318. The number of carbonyl (C=O) groups is 3. The summed E-state index contributed by atoms with van der Waals surface area (Å²) < 4.78 is 0. The molecule has 0 spiro atoms. The number of likely N-dealkylation sites (tertiary alicyclic amines) is 1. The van der Waals surface area contributed by atoms with Crippen LogP contribution >= 0.6 is 11.6 Å². The Labute approximate surface area is 175 Å². The zero-order valence-electron chi connectivity index (χ0n) is 16.3. The minimum Gasteiger partial charge on any atom is -0.356 e. The summed E-state index contributed by atoms with van der Waals surface area (Å²) in [6.07, 6.45) is 1.60. The molecule has 29 heavy (non-hydrogen) atoms. The Hall–Kier alpha value is -2.86. The summed E-state index contributed by atoms with van der Waals surface area (Å²) in [5.41, 5.74) is 1.49. The Bertz CT molecular complexity index is 898. The Kier molecular flexibility index (Phi) is 6.88. The van der Waals surface area contributed by atoms with Crippen molar-refractivity contribution in [1.82, 2.24) is 10.2 Å². The predicted octanol–water partition coefficient (Wildman–Crippen LogP) is 3.58. The summed E-state index contributed by atoms with van der Waals surface area (Å²) in [4.78, 5) is 39.0. The standard InChI is InChI=1S/C22H24ClN3O3/c1-2-24-20(27)16-6-5-13-26(14-16)22(29)15-9-11-17(12-10-15)25-21(28)18-7-3-4-8-19(18)23/h3-4,7-12,16H,2,5-6,13-14H2,1H3,(H,24,27)(H,25,28)/t16-/m0/s1. The van der Waals surface area contributed by atoms with E-state index in [0.29, 0.717) is 41.5 Å². The van der Waals surface area contributed by atoms with Crippen LogP contribution in [0.3, 0.4) is 0 Å². The molecule has 3 rings (SSSR count). The van der Waals surface area contributed by atoms with Crippen molar-refractivity contribution in [3.63, 3.8) is 0 Å². The molecule has 0 bridgehead atoms. The number of nitrogens with one attached hydrogen (secondary N) is 2. The summed E-state index contributed by atoms with van der Waals surface area (Å²) in [5, 5.41) is 5.99. The molecular formula is C22H24ClN3O3. The number of halogens is 1. The summed E-state index contributed by atoms with van der Waals surface area (Å²) in [7, 11) is 0. The zero-order chi connectivity index (χ0) is 20.8. The van der Waals surface area contributed by atoms with E-state index in [1.54, 1.807) is 53.4 Å². The van der Waals surface area contributed by atoms with Crippen molar-refractivity contribution < 1.29 is 14.4 Å². The quantitative estimate of drug-likeness (QED) is 0.786. The highest BCUT2D eigenvalue weighted by Gasteiger charge is 2.28. The van der Waals surface area contributed by atoms with Crippen molar-refractivity contribution in [3.8, 4) is 0 Å². The Morgan fingerprint density at radius 2 is 1.83 bits per heavy atom. The molecule has 1 heterocycles. The Morgan fingerprint density at radius 3 is 2.52 bits per heavy atom. The summed E-state index contributed by atoms with van der Waals surface area (Å²) in [6.45, 7) is 3.54. The van der Waals surface area contributed by atoms with Crippen molar-refractivity contribution in [2.45, 2.75) is 19.8 Å². The molecule has 0 radical (unpaired) electrons. The van der Waals surface area contributed by atoms with E-state index in [2.05, 4.69) is 10.6 Å². The molecule has 1 fully saturated rings. The van der Waals surface area contributed by atoms with Gasteiger partial charge in [-0.1, -0.05) is 23.7 Å². The lowest BCUT2D eigenvalue weighted by atomic mass is 9.96. The van der Waals surface area contributed by atoms with Crippen LogP contribution in [0.1, 0.15) is 40.5 Å². The number of hydrogen-bond donors (Lipinski definition) is 2. The maximum atomic E-state index is 12.8. The first-order valence-corrected chi connectivity index (χ1v) is 10.1. The van der Waals surface area contributed by atoms with Gasteiger partial charge < -0.3 is 15.5 Å². The Morgan fingerprint density at radius 1 is 1.10 bits per heavy atom. The van der Waals surface area contributed by atoms with E-state index in [1.165, 1.54) is 0 Å². The third-order valence-corrected chi connectivity index (χ3v) is 5.27. The topological polar surface area (TPSA) is 78.5 Å². The predicted molar refractivity (Wildman–Crippen MR) is 113 cm³/mol. The molecule has 1 saturated heterocycles. The molecular weight excluding hydrogens is 390 g/mol. The molecule has 1 atom stereocenters.